The second-order valence-electron chi connectivity index (χ2n) is 20.2. The number of Topliss-reactive ketones (excluding diaryl/α,β-unsaturated/α-hetero) is 3. The number of rotatable bonds is 9. The van der Waals surface area contributed by atoms with E-state index in [1.807, 2.05) is 58.1 Å². The first-order chi connectivity index (χ1) is 32.3. The van der Waals surface area contributed by atoms with E-state index in [-0.39, 0.29) is 74.1 Å². The third kappa shape index (κ3) is 15.3. The molecule has 2 bridgehead atoms. The quantitative estimate of drug-likeness (QED) is 0.134. The lowest BCUT2D eigenvalue weighted by atomic mass is 9.78. The van der Waals surface area contributed by atoms with Gasteiger partial charge in [0.1, 0.15) is 30.1 Å². The van der Waals surface area contributed by atoms with Crippen molar-refractivity contribution in [2.75, 3.05) is 41.1 Å². The average molecular weight is 958 g/mol. The maximum absolute atomic E-state index is 14.5. The Morgan fingerprint density at radius 3 is 2.26 bits per heavy atom. The van der Waals surface area contributed by atoms with E-state index in [4.69, 9.17) is 28.4 Å². The van der Waals surface area contributed by atoms with E-state index in [9.17, 15) is 39.3 Å². The lowest BCUT2D eigenvalue weighted by Crippen LogP contribution is -2.61. The Morgan fingerprint density at radius 2 is 1.59 bits per heavy atom. The number of nitrogens with zero attached hydrogens (tertiary/aromatic N) is 1. The second-order valence-corrected chi connectivity index (χ2v) is 20.2. The number of aliphatic hydroxyl groups excluding tert-OH is 2. The highest BCUT2D eigenvalue weighted by Crippen LogP contribution is 2.38. The molecule has 1 saturated carbocycles. The summed E-state index contributed by atoms with van der Waals surface area (Å²) in [7, 11) is 4.58. The fraction of sp³-hybridized carbons (Fsp3) is 0.755. The Hall–Kier alpha value is -3.41. The molecule has 4 aliphatic rings. The van der Waals surface area contributed by atoms with Crippen molar-refractivity contribution in [3.63, 3.8) is 0 Å². The van der Waals surface area contributed by atoms with Gasteiger partial charge >= 0.3 is 5.97 Å². The number of ketones is 3. The zero-order valence-electron chi connectivity index (χ0n) is 42.4. The van der Waals surface area contributed by atoms with Crippen LogP contribution < -0.4 is 0 Å². The molecule has 384 valence electrons. The monoisotopic (exact) mass is 958 g/mol. The zero-order valence-corrected chi connectivity index (χ0v) is 42.4. The summed E-state index contributed by atoms with van der Waals surface area (Å²) in [6, 6.07) is -1.14. The van der Waals surface area contributed by atoms with Gasteiger partial charge in [-0.1, -0.05) is 71.1 Å². The van der Waals surface area contributed by atoms with Crippen molar-refractivity contribution in [1.29, 1.82) is 0 Å². The summed E-state index contributed by atoms with van der Waals surface area (Å²) in [4.78, 5) is 72.1. The van der Waals surface area contributed by atoms with E-state index in [1.54, 1.807) is 41.1 Å². The summed E-state index contributed by atoms with van der Waals surface area (Å²) in [5.41, 5.74) is 1.26. The van der Waals surface area contributed by atoms with Gasteiger partial charge in [-0.15, -0.1) is 0 Å². The highest BCUT2D eigenvalue weighted by Gasteiger charge is 2.53. The Labute approximate surface area is 405 Å². The van der Waals surface area contributed by atoms with Crippen LogP contribution in [-0.4, -0.2) is 145 Å². The molecule has 0 aromatic carbocycles. The van der Waals surface area contributed by atoms with Crippen LogP contribution in [0.15, 0.2) is 47.6 Å². The number of amides is 1. The molecule has 15 atom stereocenters. The Bertz CT molecular complexity index is 1810. The van der Waals surface area contributed by atoms with Crippen molar-refractivity contribution in [3.05, 3.63) is 47.6 Å². The standard InChI is InChI=1S/C53H83NO14/c1-32-16-12-11-13-17-33(2)44(63-8)30-40-21-19-38(7)53(62,68-40)50(59)51(60)54-23-15-14-18-41(54)52(61)67-45(35(4)28-39-20-22-43(66-25-24-55)46(29-39)64-9)31-42(56)34(3)27-37(6)48(58)49(65-10)47(57)36(5)26-32/h11-13,16-17,27,32,34-36,38-41,43-46,48-49,55,58,62H,14-15,18-26,28-31H2,1-10H3/b13-11+,16-12+,33-17+,37-27+/t32-,34-,35-,36?,38-,39+,40+,41+,43-,44+,45+,46-,48-,49+,53-/m1/s1. The molecule has 0 aromatic heterocycles. The van der Waals surface area contributed by atoms with Crippen LogP contribution in [0.5, 0.6) is 0 Å². The van der Waals surface area contributed by atoms with Crippen LogP contribution in [-0.2, 0) is 52.4 Å². The summed E-state index contributed by atoms with van der Waals surface area (Å²) in [5.74, 6) is -7.96. The average Bonchev–Trinajstić information content (AvgIpc) is 3.32. The first-order valence-electron chi connectivity index (χ1n) is 25.0. The largest absolute Gasteiger partial charge is 0.460 e. The third-order valence-electron chi connectivity index (χ3n) is 14.9. The highest BCUT2D eigenvalue weighted by atomic mass is 16.6. The second kappa shape index (κ2) is 27.3. The van der Waals surface area contributed by atoms with Crippen LogP contribution in [0.2, 0.25) is 0 Å². The number of aliphatic hydroxyl groups is 3. The number of allylic oxidation sites excluding steroid dienone is 6. The molecule has 15 nitrogen and oxygen atoms in total. The number of hydrogen-bond acceptors (Lipinski definition) is 14. The van der Waals surface area contributed by atoms with Crippen molar-refractivity contribution in [1.82, 2.24) is 4.90 Å². The van der Waals surface area contributed by atoms with Gasteiger partial charge in [0.15, 0.2) is 5.78 Å². The van der Waals surface area contributed by atoms with Gasteiger partial charge in [0.25, 0.3) is 11.7 Å². The molecular weight excluding hydrogens is 875 g/mol. The predicted octanol–water partition coefficient (Wildman–Crippen LogP) is 6.20. The van der Waals surface area contributed by atoms with Gasteiger partial charge in [0.2, 0.25) is 5.79 Å². The fourth-order valence-electron chi connectivity index (χ4n) is 10.5. The van der Waals surface area contributed by atoms with Gasteiger partial charge in [-0.2, -0.15) is 0 Å². The molecule has 3 heterocycles. The molecule has 2 saturated heterocycles. The fourth-order valence-corrected chi connectivity index (χ4v) is 10.5. The molecule has 0 spiro atoms. The van der Waals surface area contributed by atoms with Crippen LogP contribution in [0.25, 0.3) is 0 Å². The van der Waals surface area contributed by atoms with E-state index in [0.29, 0.717) is 63.4 Å². The van der Waals surface area contributed by atoms with Gasteiger partial charge < -0.3 is 48.6 Å². The number of methoxy groups -OCH3 is 3. The SMILES string of the molecule is CO[C@H]1C[C@@H]2CC[C@@H](C)[C@@](O)(O2)C(=O)C(=O)N2CCCC[C@H]2C(=O)O[C@H]([C@H](C)C[C@@H]2CC[C@@H](OCCO)[C@H](OC)C2)CC(=O)[C@H](C)/C=C(\C)[C@@H](O)[C@@H](OC)C(=O)C(C)C[C@H](C)/C=C/C=C/C=C/1C. The number of piperidine rings is 1. The van der Waals surface area contributed by atoms with E-state index in [0.717, 1.165) is 12.0 Å². The minimum atomic E-state index is -2.43. The van der Waals surface area contributed by atoms with E-state index in [2.05, 4.69) is 0 Å². The van der Waals surface area contributed by atoms with Gasteiger partial charge in [-0.05, 0) is 107 Å². The summed E-state index contributed by atoms with van der Waals surface area (Å²) >= 11 is 0. The summed E-state index contributed by atoms with van der Waals surface area (Å²) in [6.45, 7) is 12.9. The lowest BCUT2D eigenvalue weighted by molar-refractivity contribution is -0.265. The summed E-state index contributed by atoms with van der Waals surface area (Å²) in [5, 5.41) is 32.8. The molecule has 1 amide bonds. The van der Waals surface area contributed by atoms with Gasteiger partial charge in [-0.25, -0.2) is 4.79 Å². The van der Waals surface area contributed by atoms with Crippen LogP contribution in [0.1, 0.15) is 126 Å². The van der Waals surface area contributed by atoms with Gasteiger partial charge in [0, 0.05) is 58.5 Å². The number of cyclic esters (lactones) is 1. The maximum Gasteiger partial charge on any atom is 0.329 e. The molecule has 1 unspecified atom stereocenters. The topological polar surface area (TPSA) is 205 Å². The number of carbonyl (C=O) groups is 5. The number of ether oxygens (including phenoxy) is 6. The minimum Gasteiger partial charge on any atom is -0.460 e. The predicted molar refractivity (Wildman–Crippen MR) is 256 cm³/mol. The van der Waals surface area contributed by atoms with Crippen molar-refractivity contribution in [2.45, 2.75) is 180 Å². The van der Waals surface area contributed by atoms with Crippen molar-refractivity contribution < 1.29 is 67.7 Å². The molecule has 0 aromatic rings. The van der Waals surface area contributed by atoms with Crippen LogP contribution in [0.3, 0.4) is 0 Å². The molecular formula is C53H83NO14. The highest BCUT2D eigenvalue weighted by molar-refractivity contribution is 6.39. The molecule has 68 heavy (non-hydrogen) atoms. The van der Waals surface area contributed by atoms with Gasteiger partial charge in [0.05, 0.1) is 37.6 Å². The number of esters is 1. The lowest BCUT2D eigenvalue weighted by Gasteiger charge is -2.42. The van der Waals surface area contributed by atoms with Gasteiger partial charge in [-0.3, -0.25) is 19.2 Å². The molecule has 3 N–H and O–H groups in total. The number of carbonyl (C=O) groups excluding carboxylic acids is 5. The first kappa shape index (κ1) is 57.2. The Balaban J connectivity index is 1.70. The smallest absolute Gasteiger partial charge is 0.329 e. The molecule has 0 radical (unpaired) electrons. The summed E-state index contributed by atoms with van der Waals surface area (Å²) in [6.07, 6.45) is 12.0. The molecule has 15 heteroatoms. The molecule has 3 fully saturated rings. The zero-order chi connectivity index (χ0) is 50.3. The minimum absolute atomic E-state index is 0.0158. The number of fused-ring (bicyclic) bond motifs is 3. The first-order valence-corrected chi connectivity index (χ1v) is 25.0. The number of hydrogen-bond donors (Lipinski definition) is 3. The molecule has 3 aliphatic heterocycles. The van der Waals surface area contributed by atoms with Crippen molar-refractivity contribution >= 4 is 29.2 Å². The maximum atomic E-state index is 14.5. The molecule has 4 rings (SSSR count). The van der Waals surface area contributed by atoms with E-state index in [1.165, 1.54) is 12.0 Å². The third-order valence-corrected chi connectivity index (χ3v) is 14.9. The van der Waals surface area contributed by atoms with Crippen molar-refractivity contribution in [2.24, 2.45) is 35.5 Å². The van der Waals surface area contributed by atoms with Crippen LogP contribution in [0.4, 0.5) is 0 Å². The van der Waals surface area contributed by atoms with E-state index >= 15 is 0 Å². The normalized spacial score (nSPS) is 39.2. The van der Waals surface area contributed by atoms with E-state index < -0.39 is 77.8 Å². The van der Waals surface area contributed by atoms with Crippen LogP contribution >= 0.6 is 0 Å². The Kier molecular flexibility index (Phi) is 22.9. The Morgan fingerprint density at radius 1 is 0.853 bits per heavy atom. The molecule has 1 aliphatic carbocycles. The van der Waals surface area contributed by atoms with Crippen molar-refractivity contribution in [3.8, 4) is 0 Å². The van der Waals surface area contributed by atoms with Crippen LogP contribution in [0, 0.1) is 35.5 Å². The summed E-state index contributed by atoms with van der Waals surface area (Å²) < 4.78 is 35.6.